The van der Waals surface area contributed by atoms with Crippen molar-refractivity contribution in [3.05, 3.63) is 70.8 Å². The molecule has 0 radical (unpaired) electrons. The number of rotatable bonds is 6. The number of aryl methyl sites for hydroxylation is 1. The number of benzene rings is 2. The summed E-state index contributed by atoms with van der Waals surface area (Å²) in [7, 11) is 1.76. The number of carbonyl (C=O) groups excluding carboxylic acids is 1. The van der Waals surface area contributed by atoms with Crippen molar-refractivity contribution in [3.8, 4) is 5.75 Å². The predicted octanol–water partition coefficient (Wildman–Crippen LogP) is 6.91. The number of thioether (sulfide) groups is 1. The van der Waals surface area contributed by atoms with Crippen molar-refractivity contribution in [2.45, 2.75) is 56.5 Å². The minimum atomic E-state index is -0.563. The Morgan fingerprint density at radius 1 is 1.29 bits per heavy atom. The van der Waals surface area contributed by atoms with E-state index < -0.39 is 5.60 Å². The summed E-state index contributed by atoms with van der Waals surface area (Å²) in [6.45, 7) is 11.9. The summed E-state index contributed by atoms with van der Waals surface area (Å²) < 4.78 is 17.8. The second kappa shape index (κ2) is 10.8. The summed E-state index contributed by atoms with van der Waals surface area (Å²) in [5.74, 6) is 2.39. The zero-order valence-corrected chi connectivity index (χ0v) is 24.4. The van der Waals surface area contributed by atoms with Crippen molar-refractivity contribution < 1.29 is 19.0 Å². The van der Waals surface area contributed by atoms with Crippen molar-refractivity contribution in [1.29, 1.82) is 0 Å². The molecule has 0 unspecified atom stereocenters. The molecule has 1 saturated carbocycles. The molecule has 1 aliphatic carbocycles. The largest absolute Gasteiger partial charge is 0.490 e. The summed E-state index contributed by atoms with van der Waals surface area (Å²) >= 11 is 8.35. The van der Waals surface area contributed by atoms with Crippen LogP contribution in [0.15, 0.2) is 49.1 Å². The lowest BCUT2D eigenvalue weighted by Crippen LogP contribution is -2.48. The van der Waals surface area contributed by atoms with Gasteiger partial charge in [-0.3, -0.25) is 0 Å². The molecule has 1 fully saturated rings. The highest BCUT2D eigenvalue weighted by Gasteiger charge is 2.45. The van der Waals surface area contributed by atoms with Crippen molar-refractivity contribution in [2.75, 3.05) is 37.5 Å². The third-order valence-electron chi connectivity index (χ3n) is 8.01. The number of esters is 1. The van der Waals surface area contributed by atoms with Gasteiger partial charge in [0.15, 0.2) is 0 Å². The maximum atomic E-state index is 13.0. The van der Waals surface area contributed by atoms with Crippen LogP contribution >= 0.6 is 23.4 Å². The fraction of sp³-hybridized carbons (Fsp3) is 0.516. The van der Waals surface area contributed by atoms with Gasteiger partial charge in [0.05, 0.1) is 22.1 Å². The molecule has 0 amide bonds. The van der Waals surface area contributed by atoms with Crippen LogP contribution in [-0.4, -0.2) is 50.2 Å². The molecule has 3 aliphatic rings. The molecule has 0 N–H and O–H groups in total. The van der Waals surface area contributed by atoms with Crippen LogP contribution in [0.25, 0.3) is 0 Å². The molecule has 0 aromatic heterocycles. The lowest BCUT2D eigenvalue weighted by atomic mass is 9.70. The van der Waals surface area contributed by atoms with E-state index in [-0.39, 0.29) is 16.8 Å². The second-order valence-corrected chi connectivity index (χ2v) is 13.6. The van der Waals surface area contributed by atoms with E-state index in [1.54, 1.807) is 7.11 Å². The molecule has 2 heterocycles. The van der Waals surface area contributed by atoms with Gasteiger partial charge in [-0.05, 0) is 99.1 Å². The van der Waals surface area contributed by atoms with Gasteiger partial charge in [0.2, 0.25) is 0 Å². The van der Waals surface area contributed by atoms with Crippen molar-refractivity contribution in [2.24, 2.45) is 11.8 Å². The average molecular weight is 556 g/mol. The number of anilines is 1. The van der Waals surface area contributed by atoms with Gasteiger partial charge in [-0.1, -0.05) is 23.7 Å². The molecule has 2 aliphatic heterocycles. The fourth-order valence-corrected chi connectivity index (χ4v) is 7.68. The minimum Gasteiger partial charge on any atom is -0.490 e. The SMILES string of the molecule is C=C[C@H](OC)[C@@H]1CC[C@H]1CN1C[C@]2(COc3ccc(C(=O)OC(C)(C)C)cc31)SCCc1cc(Cl)ccc12. The first-order valence-electron chi connectivity index (χ1n) is 13.5. The van der Waals surface area contributed by atoms with Crippen molar-refractivity contribution >= 4 is 35.0 Å². The molecule has 2 aromatic carbocycles. The van der Waals surface area contributed by atoms with Crippen LogP contribution in [0.5, 0.6) is 5.75 Å². The van der Waals surface area contributed by atoms with Crippen LogP contribution in [-0.2, 0) is 20.6 Å². The number of carbonyl (C=O) groups is 1. The molecule has 5 nitrogen and oxygen atoms in total. The summed E-state index contributed by atoms with van der Waals surface area (Å²) in [4.78, 5) is 15.5. The smallest absolute Gasteiger partial charge is 0.338 e. The number of halogens is 1. The molecular formula is C31H38ClNO4S. The molecule has 0 saturated heterocycles. The standard InChI is InChI=1S/C31H38ClNO4S/c1-6-27(35-5)24-10-7-22(24)17-33-18-31(25-11-9-23(32)15-20(25)13-14-38-31)19-36-28-12-8-21(16-26(28)33)29(34)37-30(2,3)4/h6,8-9,11-12,15-16,22,24,27H,1,7,10,13-14,17-19H2,2-5H3/t22-,24+,27-,31+/m0/s1. The molecule has 5 rings (SSSR count). The van der Waals surface area contributed by atoms with Crippen LogP contribution in [0.3, 0.4) is 0 Å². The molecule has 1 spiro atoms. The quantitative estimate of drug-likeness (QED) is 0.285. The number of hydrogen-bond donors (Lipinski definition) is 0. The first kappa shape index (κ1) is 27.4. The van der Waals surface area contributed by atoms with Gasteiger partial charge in [-0.2, -0.15) is 0 Å². The normalized spacial score (nSPS) is 25.3. The number of fused-ring (bicyclic) bond motifs is 3. The maximum absolute atomic E-state index is 13.0. The van der Waals surface area contributed by atoms with Gasteiger partial charge in [-0.15, -0.1) is 18.3 Å². The molecular weight excluding hydrogens is 518 g/mol. The average Bonchev–Trinajstić information content (AvgIpc) is 3.01. The van der Waals surface area contributed by atoms with Gasteiger partial charge in [0, 0.05) is 25.2 Å². The maximum Gasteiger partial charge on any atom is 0.338 e. The van der Waals surface area contributed by atoms with E-state index in [9.17, 15) is 4.79 Å². The summed E-state index contributed by atoms with van der Waals surface area (Å²) in [6, 6.07) is 12.0. The summed E-state index contributed by atoms with van der Waals surface area (Å²) in [5.41, 5.74) is 3.53. The number of ether oxygens (including phenoxy) is 3. The van der Waals surface area contributed by atoms with E-state index in [0.29, 0.717) is 24.0 Å². The van der Waals surface area contributed by atoms with Gasteiger partial charge >= 0.3 is 5.97 Å². The first-order chi connectivity index (χ1) is 18.1. The van der Waals surface area contributed by atoms with Crippen molar-refractivity contribution in [1.82, 2.24) is 0 Å². The van der Waals surface area contributed by atoms with Crippen LogP contribution in [0.4, 0.5) is 5.69 Å². The van der Waals surface area contributed by atoms with E-state index >= 15 is 0 Å². The van der Waals surface area contributed by atoms with E-state index in [4.69, 9.17) is 25.8 Å². The van der Waals surface area contributed by atoms with Gasteiger partial charge < -0.3 is 19.1 Å². The molecule has 2 aromatic rings. The van der Waals surface area contributed by atoms with Gasteiger partial charge in [0.25, 0.3) is 0 Å². The zero-order valence-electron chi connectivity index (χ0n) is 22.8. The Hall–Kier alpha value is -2.15. The van der Waals surface area contributed by atoms with Crippen LogP contribution < -0.4 is 9.64 Å². The van der Waals surface area contributed by atoms with E-state index in [2.05, 4.69) is 23.6 Å². The number of methoxy groups -OCH3 is 1. The predicted molar refractivity (Wildman–Crippen MR) is 156 cm³/mol. The highest BCUT2D eigenvalue weighted by molar-refractivity contribution is 8.00. The highest BCUT2D eigenvalue weighted by Crippen LogP contribution is 2.49. The van der Waals surface area contributed by atoms with Gasteiger partial charge in [-0.25, -0.2) is 4.79 Å². The third-order valence-corrected chi connectivity index (χ3v) is 9.67. The van der Waals surface area contributed by atoms with Crippen LogP contribution in [0.2, 0.25) is 5.02 Å². The fourth-order valence-electron chi connectivity index (χ4n) is 6.03. The molecule has 0 bridgehead atoms. The Balaban J connectivity index is 1.53. The lowest BCUT2D eigenvalue weighted by Gasteiger charge is -2.45. The zero-order chi connectivity index (χ0) is 27.1. The van der Waals surface area contributed by atoms with E-state index in [0.717, 1.165) is 54.6 Å². The topological polar surface area (TPSA) is 48.0 Å². The third kappa shape index (κ3) is 5.45. The first-order valence-corrected chi connectivity index (χ1v) is 14.8. The highest BCUT2D eigenvalue weighted by atomic mass is 35.5. The second-order valence-electron chi connectivity index (χ2n) is 11.7. The van der Waals surface area contributed by atoms with Gasteiger partial charge in [0.1, 0.15) is 18.0 Å². The van der Waals surface area contributed by atoms with Crippen LogP contribution in [0, 0.1) is 11.8 Å². The number of hydrogen-bond acceptors (Lipinski definition) is 6. The Labute approximate surface area is 235 Å². The Bertz CT molecular complexity index is 1210. The summed E-state index contributed by atoms with van der Waals surface area (Å²) in [5, 5.41) is 0.773. The molecule has 204 valence electrons. The molecule has 38 heavy (non-hydrogen) atoms. The van der Waals surface area contributed by atoms with Crippen molar-refractivity contribution in [3.63, 3.8) is 0 Å². The van der Waals surface area contributed by atoms with Crippen LogP contribution in [0.1, 0.15) is 55.1 Å². The molecule has 4 atom stereocenters. The minimum absolute atomic E-state index is 0.0467. The number of nitrogens with zero attached hydrogens (tertiary/aromatic N) is 1. The Morgan fingerprint density at radius 3 is 2.79 bits per heavy atom. The summed E-state index contributed by atoms with van der Waals surface area (Å²) in [6.07, 6.45) is 5.24. The Morgan fingerprint density at radius 2 is 2.11 bits per heavy atom. The Kier molecular flexibility index (Phi) is 7.78. The van der Waals surface area contributed by atoms with E-state index in [1.807, 2.05) is 62.9 Å². The molecule has 7 heteroatoms. The monoisotopic (exact) mass is 555 g/mol. The van der Waals surface area contributed by atoms with E-state index in [1.165, 1.54) is 11.1 Å². The lowest BCUT2D eigenvalue weighted by molar-refractivity contribution is 0.00695.